The molecule has 1 aromatic rings. The minimum atomic E-state index is -0.621. The number of hydrogen-bond donors (Lipinski definition) is 1. The summed E-state index contributed by atoms with van der Waals surface area (Å²) < 4.78 is 18.9. The first-order chi connectivity index (χ1) is 8.73. The van der Waals surface area contributed by atoms with E-state index in [0.717, 1.165) is 0 Å². The largest absolute Gasteiger partial charge is 0.444 e. The van der Waals surface area contributed by atoms with Crippen molar-refractivity contribution in [3.05, 3.63) is 29.6 Å². The highest BCUT2D eigenvalue weighted by Gasteiger charge is 2.17. The maximum atomic E-state index is 13.8. The fraction of sp³-hybridized carbons (Fsp3) is 0.400. The topological polar surface area (TPSA) is 38.3 Å². The Balaban J connectivity index is 2.80. The van der Waals surface area contributed by atoms with Crippen molar-refractivity contribution in [2.45, 2.75) is 39.2 Å². The number of carbonyl (C=O) groups excluding carboxylic acids is 1. The van der Waals surface area contributed by atoms with E-state index in [0.29, 0.717) is 11.3 Å². The fourth-order valence-corrected chi connectivity index (χ4v) is 1.47. The predicted molar refractivity (Wildman–Crippen MR) is 73.5 cm³/mol. The summed E-state index contributed by atoms with van der Waals surface area (Å²) in [5.41, 5.74) is 0.164. The molecule has 0 aliphatic carbocycles. The van der Waals surface area contributed by atoms with E-state index < -0.39 is 17.5 Å². The summed E-state index contributed by atoms with van der Waals surface area (Å²) >= 11 is 0. The van der Waals surface area contributed by atoms with E-state index in [1.807, 2.05) is 0 Å². The van der Waals surface area contributed by atoms with Crippen LogP contribution in [0.15, 0.2) is 18.2 Å². The molecule has 0 saturated carbocycles. The molecule has 0 radical (unpaired) electrons. The van der Waals surface area contributed by atoms with Gasteiger partial charge in [0.1, 0.15) is 11.4 Å². The van der Waals surface area contributed by atoms with Crippen LogP contribution in [0.5, 0.6) is 0 Å². The third-order valence-corrected chi connectivity index (χ3v) is 2.36. The van der Waals surface area contributed by atoms with Crippen molar-refractivity contribution < 1.29 is 13.9 Å². The van der Waals surface area contributed by atoms with Gasteiger partial charge in [-0.15, -0.1) is 6.42 Å². The van der Waals surface area contributed by atoms with Crippen LogP contribution in [-0.2, 0) is 4.74 Å². The highest BCUT2D eigenvalue weighted by molar-refractivity contribution is 5.84. The first-order valence-corrected chi connectivity index (χ1v) is 5.98. The third-order valence-electron chi connectivity index (χ3n) is 2.36. The monoisotopic (exact) mass is 263 g/mol. The highest BCUT2D eigenvalue weighted by atomic mass is 19.1. The number of rotatable bonds is 2. The molecule has 102 valence electrons. The van der Waals surface area contributed by atoms with Gasteiger partial charge in [0.2, 0.25) is 0 Å². The Bertz CT molecular complexity index is 512. The van der Waals surface area contributed by atoms with Crippen molar-refractivity contribution in [1.82, 2.24) is 0 Å². The Labute approximate surface area is 113 Å². The molecule has 1 atom stereocenters. The molecule has 0 fully saturated rings. The standard InChI is InChI=1S/C15H18FNO2/c1-6-10(2)12-8-7-11(9-13(12)16)17-14(18)19-15(3,4)5/h1,7-10H,2-5H3,(H,17,18). The van der Waals surface area contributed by atoms with Crippen LogP contribution in [0.25, 0.3) is 0 Å². The number of amides is 1. The van der Waals surface area contributed by atoms with Crippen molar-refractivity contribution in [3.63, 3.8) is 0 Å². The molecule has 1 N–H and O–H groups in total. The molecule has 0 spiro atoms. The number of benzene rings is 1. The van der Waals surface area contributed by atoms with Crippen LogP contribution in [0.3, 0.4) is 0 Å². The van der Waals surface area contributed by atoms with Gasteiger partial charge < -0.3 is 4.74 Å². The lowest BCUT2D eigenvalue weighted by Gasteiger charge is -2.19. The molecule has 0 aliphatic heterocycles. The summed E-state index contributed by atoms with van der Waals surface area (Å²) in [6.45, 7) is 7.00. The molecule has 0 bridgehead atoms. The number of nitrogens with one attached hydrogen (secondary N) is 1. The zero-order valence-electron chi connectivity index (χ0n) is 11.6. The molecule has 0 aliphatic rings. The van der Waals surface area contributed by atoms with Crippen LogP contribution in [0.2, 0.25) is 0 Å². The molecular weight excluding hydrogens is 245 g/mol. The van der Waals surface area contributed by atoms with Crippen molar-refractivity contribution in [2.75, 3.05) is 5.32 Å². The van der Waals surface area contributed by atoms with Crippen LogP contribution in [0, 0.1) is 18.2 Å². The van der Waals surface area contributed by atoms with Crippen molar-refractivity contribution >= 4 is 11.8 Å². The van der Waals surface area contributed by atoms with Gasteiger partial charge in [-0.05, 0) is 39.8 Å². The molecule has 3 nitrogen and oxygen atoms in total. The van der Waals surface area contributed by atoms with E-state index in [1.165, 1.54) is 6.07 Å². The lowest BCUT2D eigenvalue weighted by atomic mass is 10.0. The first-order valence-electron chi connectivity index (χ1n) is 5.98. The predicted octanol–water partition coefficient (Wildman–Crippen LogP) is 3.91. The van der Waals surface area contributed by atoms with Crippen molar-refractivity contribution in [2.24, 2.45) is 0 Å². The second-order valence-corrected chi connectivity index (χ2v) is 5.25. The lowest BCUT2D eigenvalue weighted by Crippen LogP contribution is -2.27. The summed E-state index contributed by atoms with van der Waals surface area (Å²) in [6.07, 6.45) is 4.63. The zero-order chi connectivity index (χ0) is 14.6. The minimum absolute atomic E-state index is 0.310. The van der Waals surface area contributed by atoms with Gasteiger partial charge in [-0.25, -0.2) is 9.18 Å². The quantitative estimate of drug-likeness (QED) is 0.821. The van der Waals surface area contributed by atoms with Gasteiger partial charge in [0.15, 0.2) is 0 Å². The number of ether oxygens (including phenoxy) is 1. The highest BCUT2D eigenvalue weighted by Crippen LogP contribution is 2.22. The molecule has 19 heavy (non-hydrogen) atoms. The molecule has 0 heterocycles. The molecule has 1 rings (SSSR count). The second-order valence-electron chi connectivity index (χ2n) is 5.25. The Hall–Kier alpha value is -2.02. The number of carbonyl (C=O) groups is 1. The van der Waals surface area contributed by atoms with E-state index in [-0.39, 0.29) is 5.92 Å². The Morgan fingerprint density at radius 1 is 1.47 bits per heavy atom. The van der Waals surface area contributed by atoms with Gasteiger partial charge in [0.25, 0.3) is 0 Å². The van der Waals surface area contributed by atoms with Crippen LogP contribution in [-0.4, -0.2) is 11.7 Å². The molecule has 1 aromatic carbocycles. The Morgan fingerprint density at radius 3 is 2.58 bits per heavy atom. The molecule has 0 aromatic heterocycles. The van der Waals surface area contributed by atoms with Gasteiger partial charge >= 0.3 is 6.09 Å². The molecule has 1 amide bonds. The molecule has 4 heteroatoms. The Kier molecular flexibility index (Phi) is 4.55. The van der Waals surface area contributed by atoms with E-state index in [2.05, 4.69) is 11.2 Å². The summed E-state index contributed by atoms with van der Waals surface area (Å²) in [5, 5.41) is 2.47. The first kappa shape index (κ1) is 15.0. The van der Waals surface area contributed by atoms with Crippen LogP contribution >= 0.6 is 0 Å². The van der Waals surface area contributed by atoms with Gasteiger partial charge in [0, 0.05) is 17.2 Å². The lowest BCUT2D eigenvalue weighted by molar-refractivity contribution is 0.0636. The fourth-order valence-electron chi connectivity index (χ4n) is 1.47. The van der Waals surface area contributed by atoms with E-state index in [1.54, 1.807) is 39.8 Å². The smallest absolute Gasteiger partial charge is 0.412 e. The molecular formula is C15H18FNO2. The normalized spacial score (nSPS) is 12.4. The maximum absolute atomic E-state index is 13.8. The average molecular weight is 263 g/mol. The summed E-state index contributed by atoms with van der Waals surface area (Å²) in [7, 11) is 0. The van der Waals surface area contributed by atoms with Crippen molar-refractivity contribution in [1.29, 1.82) is 0 Å². The van der Waals surface area contributed by atoms with Crippen LogP contribution < -0.4 is 5.32 Å². The Morgan fingerprint density at radius 2 is 2.11 bits per heavy atom. The molecule has 0 saturated heterocycles. The maximum Gasteiger partial charge on any atom is 0.412 e. The van der Waals surface area contributed by atoms with E-state index in [4.69, 9.17) is 11.2 Å². The summed E-state index contributed by atoms with van der Waals surface area (Å²) in [4.78, 5) is 11.5. The number of halogens is 1. The van der Waals surface area contributed by atoms with Gasteiger partial charge in [0.05, 0.1) is 0 Å². The summed E-state index contributed by atoms with van der Waals surface area (Å²) in [5.74, 6) is 1.71. The van der Waals surface area contributed by atoms with Gasteiger partial charge in [-0.2, -0.15) is 0 Å². The number of terminal acetylenes is 1. The van der Waals surface area contributed by atoms with Gasteiger partial charge in [-0.3, -0.25) is 5.32 Å². The average Bonchev–Trinajstić information content (AvgIpc) is 2.25. The van der Waals surface area contributed by atoms with Crippen LogP contribution in [0.4, 0.5) is 14.9 Å². The van der Waals surface area contributed by atoms with Crippen molar-refractivity contribution in [3.8, 4) is 12.3 Å². The van der Waals surface area contributed by atoms with E-state index in [9.17, 15) is 9.18 Å². The second kappa shape index (κ2) is 5.75. The molecule has 1 unspecified atom stereocenters. The number of anilines is 1. The summed E-state index contributed by atoms with van der Waals surface area (Å²) in [6, 6.07) is 4.38. The number of hydrogen-bond acceptors (Lipinski definition) is 2. The van der Waals surface area contributed by atoms with Gasteiger partial charge in [-0.1, -0.05) is 12.0 Å². The zero-order valence-corrected chi connectivity index (χ0v) is 11.6. The third kappa shape index (κ3) is 4.63. The van der Waals surface area contributed by atoms with E-state index >= 15 is 0 Å². The van der Waals surface area contributed by atoms with Crippen LogP contribution in [0.1, 0.15) is 39.2 Å². The SMILES string of the molecule is C#CC(C)c1ccc(NC(=O)OC(C)(C)C)cc1F. The minimum Gasteiger partial charge on any atom is -0.444 e.